The minimum atomic E-state index is -0.331. The smallest absolute Gasteiger partial charge is 0.337 e. The second-order valence-corrected chi connectivity index (χ2v) is 7.13. The minimum absolute atomic E-state index is 0.148. The third-order valence-electron chi connectivity index (χ3n) is 5.03. The highest BCUT2D eigenvalue weighted by molar-refractivity contribution is 5.89. The van der Waals surface area contributed by atoms with Crippen LogP contribution in [0.5, 0.6) is 0 Å². The monoisotopic (exact) mass is 373 g/mol. The summed E-state index contributed by atoms with van der Waals surface area (Å²) in [5.41, 5.74) is 1.65. The SMILES string of the molecule is CCCCCCCC(C1C=CC(=O)O1)N(C)Cc1ccc(C(=O)OC)cc1. The maximum atomic E-state index is 11.6. The van der Waals surface area contributed by atoms with E-state index in [0.29, 0.717) is 5.56 Å². The third-order valence-corrected chi connectivity index (χ3v) is 5.03. The number of carbonyl (C=O) groups is 2. The fourth-order valence-electron chi connectivity index (χ4n) is 3.45. The summed E-state index contributed by atoms with van der Waals surface area (Å²) in [6, 6.07) is 7.60. The summed E-state index contributed by atoms with van der Waals surface area (Å²) in [6.45, 7) is 2.94. The van der Waals surface area contributed by atoms with Crippen molar-refractivity contribution in [1.82, 2.24) is 4.90 Å². The van der Waals surface area contributed by atoms with Gasteiger partial charge in [0, 0.05) is 12.6 Å². The molecule has 1 heterocycles. The summed E-state index contributed by atoms with van der Waals surface area (Å²) in [6.07, 6.45) is 10.3. The van der Waals surface area contributed by atoms with Crippen molar-refractivity contribution >= 4 is 11.9 Å². The molecular weight excluding hydrogens is 342 g/mol. The molecule has 2 rings (SSSR count). The molecule has 5 nitrogen and oxygen atoms in total. The molecule has 1 aliphatic heterocycles. The molecule has 2 atom stereocenters. The fraction of sp³-hybridized carbons (Fsp3) is 0.545. The first-order valence-electron chi connectivity index (χ1n) is 9.81. The molecule has 0 amide bonds. The van der Waals surface area contributed by atoms with Crippen LogP contribution in [0.1, 0.15) is 61.4 Å². The van der Waals surface area contributed by atoms with Gasteiger partial charge >= 0.3 is 11.9 Å². The average molecular weight is 373 g/mol. The highest BCUT2D eigenvalue weighted by Crippen LogP contribution is 2.22. The number of methoxy groups -OCH3 is 1. The molecule has 0 spiro atoms. The number of ether oxygens (including phenoxy) is 2. The zero-order chi connectivity index (χ0) is 19.6. The molecule has 148 valence electrons. The van der Waals surface area contributed by atoms with Crippen molar-refractivity contribution in [2.24, 2.45) is 0 Å². The summed E-state index contributed by atoms with van der Waals surface area (Å²) in [5, 5.41) is 0. The highest BCUT2D eigenvalue weighted by atomic mass is 16.5. The van der Waals surface area contributed by atoms with Crippen molar-refractivity contribution in [2.75, 3.05) is 14.2 Å². The van der Waals surface area contributed by atoms with E-state index in [1.807, 2.05) is 18.2 Å². The number of hydrogen-bond donors (Lipinski definition) is 0. The van der Waals surface area contributed by atoms with Gasteiger partial charge in [-0.3, -0.25) is 4.90 Å². The lowest BCUT2D eigenvalue weighted by Gasteiger charge is -2.31. The third kappa shape index (κ3) is 6.51. The number of cyclic esters (lactones) is 1. The largest absolute Gasteiger partial charge is 0.465 e. The number of rotatable bonds is 11. The van der Waals surface area contributed by atoms with Gasteiger partial charge < -0.3 is 9.47 Å². The van der Waals surface area contributed by atoms with Crippen molar-refractivity contribution in [3.05, 3.63) is 47.5 Å². The first-order valence-corrected chi connectivity index (χ1v) is 9.81. The second kappa shape index (κ2) is 10.9. The van der Waals surface area contributed by atoms with Crippen molar-refractivity contribution < 1.29 is 19.1 Å². The van der Waals surface area contributed by atoms with Crippen LogP contribution in [0.2, 0.25) is 0 Å². The van der Waals surface area contributed by atoms with E-state index in [1.165, 1.54) is 38.9 Å². The predicted molar refractivity (Wildman–Crippen MR) is 105 cm³/mol. The summed E-state index contributed by atoms with van der Waals surface area (Å²) >= 11 is 0. The van der Waals surface area contributed by atoms with E-state index in [2.05, 4.69) is 18.9 Å². The molecule has 0 saturated heterocycles. The molecule has 1 aliphatic rings. The van der Waals surface area contributed by atoms with Gasteiger partial charge in [0.25, 0.3) is 0 Å². The lowest BCUT2D eigenvalue weighted by molar-refractivity contribution is -0.141. The van der Waals surface area contributed by atoms with Gasteiger partial charge in [-0.1, -0.05) is 51.2 Å². The van der Waals surface area contributed by atoms with Crippen LogP contribution in [0.4, 0.5) is 0 Å². The molecular formula is C22H31NO4. The predicted octanol–water partition coefficient (Wildman–Crippen LogP) is 4.12. The molecule has 0 bridgehead atoms. The Morgan fingerprint density at radius 3 is 2.48 bits per heavy atom. The van der Waals surface area contributed by atoms with E-state index < -0.39 is 0 Å². The number of nitrogens with zero attached hydrogens (tertiary/aromatic N) is 1. The summed E-state index contributed by atoms with van der Waals surface area (Å²) < 4.78 is 10.2. The van der Waals surface area contributed by atoms with Crippen LogP contribution in [0.15, 0.2) is 36.4 Å². The quantitative estimate of drug-likeness (QED) is 0.431. The van der Waals surface area contributed by atoms with Crippen LogP contribution in [-0.4, -0.2) is 43.1 Å². The topological polar surface area (TPSA) is 55.8 Å². The molecule has 2 unspecified atom stereocenters. The highest BCUT2D eigenvalue weighted by Gasteiger charge is 2.29. The second-order valence-electron chi connectivity index (χ2n) is 7.13. The van der Waals surface area contributed by atoms with E-state index >= 15 is 0 Å². The molecule has 5 heteroatoms. The number of carbonyl (C=O) groups excluding carboxylic acids is 2. The Bertz CT molecular complexity index is 638. The number of hydrogen-bond acceptors (Lipinski definition) is 5. The Morgan fingerprint density at radius 2 is 1.89 bits per heavy atom. The van der Waals surface area contributed by atoms with E-state index in [-0.39, 0.29) is 24.1 Å². The number of esters is 2. The van der Waals surface area contributed by atoms with Crippen LogP contribution in [-0.2, 0) is 20.8 Å². The summed E-state index contributed by atoms with van der Waals surface area (Å²) in [5.74, 6) is -0.588. The van der Waals surface area contributed by atoms with Gasteiger partial charge in [0.05, 0.1) is 18.7 Å². The zero-order valence-corrected chi connectivity index (χ0v) is 16.6. The molecule has 27 heavy (non-hydrogen) atoms. The van der Waals surface area contributed by atoms with Gasteiger partial charge in [-0.05, 0) is 37.2 Å². The van der Waals surface area contributed by atoms with Gasteiger partial charge in [-0.2, -0.15) is 0 Å². The molecule has 0 aromatic heterocycles. The van der Waals surface area contributed by atoms with E-state index in [0.717, 1.165) is 24.9 Å². The van der Waals surface area contributed by atoms with Crippen LogP contribution in [0.25, 0.3) is 0 Å². The van der Waals surface area contributed by atoms with Gasteiger partial charge in [0.15, 0.2) is 0 Å². The number of benzene rings is 1. The molecule has 0 N–H and O–H groups in total. The van der Waals surface area contributed by atoms with Gasteiger partial charge in [-0.25, -0.2) is 9.59 Å². The lowest BCUT2D eigenvalue weighted by Crippen LogP contribution is -2.40. The maximum absolute atomic E-state index is 11.6. The van der Waals surface area contributed by atoms with Crippen LogP contribution >= 0.6 is 0 Å². The Labute approximate surface area is 162 Å². The Kier molecular flexibility index (Phi) is 8.52. The van der Waals surface area contributed by atoms with E-state index in [1.54, 1.807) is 12.1 Å². The minimum Gasteiger partial charge on any atom is -0.465 e. The molecule has 1 aromatic carbocycles. The van der Waals surface area contributed by atoms with Crippen molar-refractivity contribution in [3.63, 3.8) is 0 Å². The molecule has 0 aliphatic carbocycles. The molecule has 0 fully saturated rings. The molecule has 0 saturated carbocycles. The average Bonchev–Trinajstić information content (AvgIpc) is 3.10. The first-order chi connectivity index (χ1) is 13.0. The number of likely N-dealkylation sites (N-methyl/N-ethyl adjacent to an activating group) is 1. The normalized spacial score (nSPS) is 17.2. The zero-order valence-electron chi connectivity index (χ0n) is 16.6. The lowest BCUT2D eigenvalue weighted by atomic mass is 10.00. The molecule has 0 radical (unpaired) electrons. The van der Waals surface area contributed by atoms with Crippen molar-refractivity contribution in [3.8, 4) is 0 Å². The van der Waals surface area contributed by atoms with Crippen molar-refractivity contribution in [1.29, 1.82) is 0 Å². The summed E-state index contributed by atoms with van der Waals surface area (Å²) in [7, 11) is 3.44. The van der Waals surface area contributed by atoms with E-state index in [9.17, 15) is 9.59 Å². The Balaban J connectivity index is 1.97. The fourth-order valence-corrected chi connectivity index (χ4v) is 3.45. The Morgan fingerprint density at radius 1 is 1.19 bits per heavy atom. The van der Waals surface area contributed by atoms with Crippen LogP contribution < -0.4 is 0 Å². The number of unbranched alkanes of at least 4 members (excludes halogenated alkanes) is 4. The van der Waals surface area contributed by atoms with Crippen LogP contribution in [0.3, 0.4) is 0 Å². The van der Waals surface area contributed by atoms with Gasteiger partial charge in [-0.15, -0.1) is 0 Å². The van der Waals surface area contributed by atoms with Gasteiger partial charge in [0.2, 0.25) is 0 Å². The molecule has 1 aromatic rings. The Hall–Kier alpha value is -2.14. The standard InChI is InChI=1S/C22H31NO4/c1-4-5-6-7-8-9-19(20-14-15-21(24)27-20)23(2)16-17-10-12-18(13-11-17)22(25)26-3/h10-15,19-20H,4-9,16H2,1-3H3. The van der Waals surface area contributed by atoms with Crippen LogP contribution in [0, 0.1) is 0 Å². The summed E-state index contributed by atoms with van der Waals surface area (Å²) in [4.78, 5) is 25.3. The maximum Gasteiger partial charge on any atom is 0.337 e. The van der Waals surface area contributed by atoms with E-state index in [4.69, 9.17) is 9.47 Å². The van der Waals surface area contributed by atoms with Crippen molar-refractivity contribution in [2.45, 2.75) is 64.1 Å². The van der Waals surface area contributed by atoms with Gasteiger partial charge in [0.1, 0.15) is 6.10 Å². The first kappa shape index (κ1) is 21.2.